The molecule has 0 aliphatic carbocycles. The standard InChI is InChI=1S/C15H19FN2/c1-4-8-17-15-12(5-2)10(3)18-14-9-11(16)6-7-13(14)15/h6-7,9H,4-5,8H2,1-3H3,(H,17,18). The Bertz CT molecular complexity index is 564. The second-order valence-corrected chi connectivity index (χ2v) is 4.49. The van der Waals surface area contributed by atoms with E-state index >= 15 is 0 Å². The summed E-state index contributed by atoms with van der Waals surface area (Å²) in [6, 6.07) is 4.81. The van der Waals surface area contributed by atoms with Crippen molar-refractivity contribution in [1.82, 2.24) is 4.98 Å². The highest BCUT2D eigenvalue weighted by molar-refractivity contribution is 5.93. The third-order valence-electron chi connectivity index (χ3n) is 3.16. The van der Waals surface area contributed by atoms with Crippen molar-refractivity contribution in [3.05, 3.63) is 35.3 Å². The molecule has 2 nitrogen and oxygen atoms in total. The van der Waals surface area contributed by atoms with E-state index in [1.165, 1.54) is 17.7 Å². The highest BCUT2D eigenvalue weighted by Gasteiger charge is 2.11. The van der Waals surface area contributed by atoms with Gasteiger partial charge < -0.3 is 5.32 Å². The number of rotatable bonds is 4. The average Bonchev–Trinajstić information content (AvgIpc) is 2.35. The molecule has 1 aromatic heterocycles. The van der Waals surface area contributed by atoms with Crippen LogP contribution in [0.1, 0.15) is 31.5 Å². The molecule has 0 saturated heterocycles. The Hall–Kier alpha value is -1.64. The number of nitrogens with one attached hydrogen (secondary N) is 1. The summed E-state index contributed by atoms with van der Waals surface area (Å²) in [5.41, 5.74) is 4.04. The normalized spacial score (nSPS) is 10.9. The number of nitrogens with zero attached hydrogens (tertiary/aromatic N) is 1. The summed E-state index contributed by atoms with van der Waals surface area (Å²) in [5, 5.41) is 4.46. The average molecular weight is 246 g/mol. The molecule has 0 saturated carbocycles. The zero-order valence-electron chi connectivity index (χ0n) is 11.2. The van der Waals surface area contributed by atoms with Gasteiger partial charge in [-0.3, -0.25) is 4.98 Å². The van der Waals surface area contributed by atoms with Crippen LogP contribution in [0.25, 0.3) is 10.9 Å². The van der Waals surface area contributed by atoms with Crippen LogP contribution in [0.5, 0.6) is 0 Å². The van der Waals surface area contributed by atoms with Gasteiger partial charge in [0.2, 0.25) is 0 Å². The van der Waals surface area contributed by atoms with E-state index in [4.69, 9.17) is 0 Å². The van der Waals surface area contributed by atoms with Crippen molar-refractivity contribution >= 4 is 16.6 Å². The minimum absolute atomic E-state index is 0.236. The van der Waals surface area contributed by atoms with E-state index in [1.54, 1.807) is 0 Å². The van der Waals surface area contributed by atoms with E-state index in [1.807, 2.05) is 13.0 Å². The molecule has 3 heteroatoms. The molecule has 96 valence electrons. The number of aromatic nitrogens is 1. The van der Waals surface area contributed by atoms with E-state index in [9.17, 15) is 4.39 Å². The Morgan fingerprint density at radius 3 is 2.72 bits per heavy atom. The van der Waals surface area contributed by atoms with Gasteiger partial charge in [-0.25, -0.2) is 4.39 Å². The first-order valence-electron chi connectivity index (χ1n) is 6.50. The van der Waals surface area contributed by atoms with Gasteiger partial charge in [0.25, 0.3) is 0 Å². The number of pyridine rings is 1. The van der Waals surface area contributed by atoms with Crippen LogP contribution in [-0.2, 0) is 6.42 Å². The number of hydrogen-bond donors (Lipinski definition) is 1. The zero-order valence-corrected chi connectivity index (χ0v) is 11.2. The fourth-order valence-corrected chi connectivity index (χ4v) is 2.28. The lowest BCUT2D eigenvalue weighted by atomic mass is 10.0. The molecule has 2 aromatic rings. The van der Waals surface area contributed by atoms with E-state index in [-0.39, 0.29) is 5.82 Å². The van der Waals surface area contributed by atoms with Crippen LogP contribution in [-0.4, -0.2) is 11.5 Å². The van der Waals surface area contributed by atoms with Crippen molar-refractivity contribution in [1.29, 1.82) is 0 Å². The van der Waals surface area contributed by atoms with E-state index < -0.39 is 0 Å². The third-order valence-corrected chi connectivity index (χ3v) is 3.16. The largest absolute Gasteiger partial charge is 0.384 e. The number of benzene rings is 1. The maximum absolute atomic E-state index is 13.3. The topological polar surface area (TPSA) is 24.9 Å². The van der Waals surface area contributed by atoms with E-state index in [2.05, 4.69) is 24.1 Å². The Morgan fingerprint density at radius 2 is 2.06 bits per heavy atom. The second kappa shape index (κ2) is 5.34. The van der Waals surface area contributed by atoms with Gasteiger partial charge in [-0.15, -0.1) is 0 Å². The van der Waals surface area contributed by atoms with Crippen LogP contribution < -0.4 is 5.32 Å². The maximum atomic E-state index is 13.3. The summed E-state index contributed by atoms with van der Waals surface area (Å²) in [7, 11) is 0. The first kappa shape index (κ1) is 12.8. The highest BCUT2D eigenvalue weighted by Crippen LogP contribution is 2.29. The molecule has 0 aliphatic heterocycles. The molecule has 0 fully saturated rings. The predicted molar refractivity (Wildman–Crippen MR) is 74.6 cm³/mol. The first-order chi connectivity index (χ1) is 8.67. The summed E-state index contributed by atoms with van der Waals surface area (Å²) in [4.78, 5) is 4.50. The molecule has 18 heavy (non-hydrogen) atoms. The fourth-order valence-electron chi connectivity index (χ4n) is 2.28. The first-order valence-corrected chi connectivity index (χ1v) is 6.50. The molecular formula is C15H19FN2. The summed E-state index contributed by atoms with van der Waals surface area (Å²) in [6.45, 7) is 7.16. The van der Waals surface area contributed by atoms with Gasteiger partial charge in [0.05, 0.1) is 5.52 Å². The van der Waals surface area contributed by atoms with Crippen molar-refractivity contribution in [2.45, 2.75) is 33.6 Å². The SMILES string of the molecule is CCCNc1c(CC)c(C)nc2cc(F)ccc12. The molecule has 0 bridgehead atoms. The minimum Gasteiger partial charge on any atom is -0.384 e. The van der Waals surface area contributed by atoms with Crippen molar-refractivity contribution in [3.63, 3.8) is 0 Å². The molecule has 0 spiro atoms. The van der Waals surface area contributed by atoms with Gasteiger partial charge in [-0.05, 0) is 37.5 Å². The van der Waals surface area contributed by atoms with Crippen LogP contribution in [0.3, 0.4) is 0 Å². The molecule has 0 amide bonds. The molecule has 0 atom stereocenters. The molecule has 0 unspecified atom stereocenters. The zero-order chi connectivity index (χ0) is 13.1. The quantitative estimate of drug-likeness (QED) is 0.879. The number of hydrogen-bond acceptors (Lipinski definition) is 2. The van der Waals surface area contributed by atoms with Crippen molar-refractivity contribution < 1.29 is 4.39 Å². The van der Waals surface area contributed by atoms with Gasteiger partial charge in [0.15, 0.2) is 0 Å². The number of anilines is 1. The molecule has 1 N–H and O–H groups in total. The molecular weight excluding hydrogens is 227 g/mol. The van der Waals surface area contributed by atoms with Gasteiger partial charge in [0.1, 0.15) is 5.82 Å². The molecule has 1 heterocycles. The third kappa shape index (κ3) is 2.30. The van der Waals surface area contributed by atoms with Crippen molar-refractivity contribution in [2.75, 3.05) is 11.9 Å². The number of aryl methyl sites for hydroxylation is 1. The van der Waals surface area contributed by atoms with Gasteiger partial charge in [0, 0.05) is 29.4 Å². The molecule has 0 radical (unpaired) electrons. The molecule has 2 rings (SSSR count). The van der Waals surface area contributed by atoms with Crippen LogP contribution >= 0.6 is 0 Å². The van der Waals surface area contributed by atoms with Gasteiger partial charge >= 0.3 is 0 Å². The predicted octanol–water partition coefficient (Wildman–Crippen LogP) is 4.07. The number of fused-ring (bicyclic) bond motifs is 1. The Labute approximate surface area is 107 Å². The lowest BCUT2D eigenvalue weighted by Crippen LogP contribution is -2.06. The monoisotopic (exact) mass is 246 g/mol. The van der Waals surface area contributed by atoms with E-state index in [0.717, 1.165) is 41.7 Å². The second-order valence-electron chi connectivity index (χ2n) is 4.49. The van der Waals surface area contributed by atoms with Crippen molar-refractivity contribution in [3.8, 4) is 0 Å². The summed E-state index contributed by atoms with van der Waals surface area (Å²) in [6.07, 6.45) is 1.99. The Balaban J connectivity index is 2.66. The maximum Gasteiger partial charge on any atom is 0.125 e. The Kier molecular flexibility index (Phi) is 3.80. The van der Waals surface area contributed by atoms with Crippen LogP contribution in [0.15, 0.2) is 18.2 Å². The van der Waals surface area contributed by atoms with Gasteiger partial charge in [-0.1, -0.05) is 13.8 Å². The highest BCUT2D eigenvalue weighted by atomic mass is 19.1. The lowest BCUT2D eigenvalue weighted by molar-refractivity contribution is 0.629. The summed E-state index contributed by atoms with van der Waals surface area (Å²) < 4.78 is 13.3. The number of halogens is 1. The van der Waals surface area contributed by atoms with Crippen LogP contribution in [0.4, 0.5) is 10.1 Å². The Morgan fingerprint density at radius 1 is 1.28 bits per heavy atom. The van der Waals surface area contributed by atoms with Crippen LogP contribution in [0.2, 0.25) is 0 Å². The van der Waals surface area contributed by atoms with Crippen molar-refractivity contribution in [2.24, 2.45) is 0 Å². The summed E-state index contributed by atoms with van der Waals surface area (Å²) >= 11 is 0. The van der Waals surface area contributed by atoms with Crippen LogP contribution in [0, 0.1) is 12.7 Å². The lowest BCUT2D eigenvalue weighted by Gasteiger charge is -2.15. The fraction of sp³-hybridized carbons (Fsp3) is 0.400. The van der Waals surface area contributed by atoms with Gasteiger partial charge in [-0.2, -0.15) is 0 Å². The smallest absolute Gasteiger partial charge is 0.125 e. The van der Waals surface area contributed by atoms with E-state index in [0.29, 0.717) is 0 Å². The molecule has 1 aromatic carbocycles. The minimum atomic E-state index is -0.236. The molecule has 0 aliphatic rings. The summed E-state index contributed by atoms with van der Waals surface area (Å²) in [5.74, 6) is -0.236.